The molecule has 7 nitrogen and oxygen atoms in total. The minimum absolute atomic E-state index is 0.137. The molecule has 1 unspecified atom stereocenters. The Hall–Kier alpha value is -3.85. The van der Waals surface area contributed by atoms with Gasteiger partial charge >= 0.3 is 0 Å². The van der Waals surface area contributed by atoms with E-state index in [1.165, 1.54) is 16.7 Å². The molecule has 1 aliphatic heterocycles. The summed E-state index contributed by atoms with van der Waals surface area (Å²) in [4.78, 5) is 33.1. The molecule has 1 aliphatic rings. The van der Waals surface area contributed by atoms with Gasteiger partial charge in [0.15, 0.2) is 0 Å². The molecule has 3 aromatic heterocycles. The fourth-order valence-electron chi connectivity index (χ4n) is 4.61. The summed E-state index contributed by atoms with van der Waals surface area (Å²) in [6.45, 7) is 3.78. The highest BCUT2D eigenvalue weighted by atomic mass is 19.1. The lowest BCUT2D eigenvalue weighted by molar-refractivity contribution is 0.0958. The van der Waals surface area contributed by atoms with Crippen molar-refractivity contribution < 1.29 is 13.6 Å². The predicted molar refractivity (Wildman–Crippen MR) is 125 cm³/mol. The number of nitrogens with zero attached hydrogens (tertiary/aromatic N) is 3. The fraction of sp³-hybridized carbons (Fsp3) is 0.240. The zero-order chi connectivity index (χ0) is 24.0. The summed E-state index contributed by atoms with van der Waals surface area (Å²) in [5.41, 5.74) is 3.47. The molecule has 0 saturated carbocycles. The second kappa shape index (κ2) is 8.49. The Balaban J connectivity index is 1.39. The number of aromatic nitrogens is 3. The van der Waals surface area contributed by atoms with Gasteiger partial charge in [-0.05, 0) is 29.2 Å². The number of hydrogen-bond acceptors (Lipinski definition) is 4. The molecule has 4 aromatic rings. The van der Waals surface area contributed by atoms with Crippen LogP contribution in [0.4, 0.5) is 8.78 Å². The van der Waals surface area contributed by atoms with Crippen LogP contribution in [0.25, 0.3) is 22.1 Å². The van der Waals surface area contributed by atoms with Crippen LogP contribution in [0.5, 0.6) is 0 Å². The van der Waals surface area contributed by atoms with E-state index in [2.05, 4.69) is 33.2 Å². The van der Waals surface area contributed by atoms with Crippen molar-refractivity contribution >= 4 is 28.0 Å². The first-order valence-electron chi connectivity index (χ1n) is 11.0. The standard InChI is InChI=1S/C25H23F2N5O2/c1-14-11-31(6-5-18(14)15-3-4-20(29-10-15)24(33)28-2)12-16-7-21-22(9-19(16)27)32-13-17(26)8-23(32)25(34)30-21/h3-5,7-10,13-14H,6,11-12H2,1-2H3,(H,28,33)(H,30,34). The number of amides is 1. The van der Waals surface area contributed by atoms with E-state index in [0.29, 0.717) is 41.9 Å². The number of fused-ring (bicyclic) bond motifs is 3. The molecule has 0 fully saturated rings. The van der Waals surface area contributed by atoms with Gasteiger partial charge in [-0.25, -0.2) is 8.78 Å². The Labute approximate surface area is 193 Å². The third-order valence-corrected chi connectivity index (χ3v) is 6.27. The van der Waals surface area contributed by atoms with Gasteiger partial charge in [0, 0.05) is 56.8 Å². The van der Waals surface area contributed by atoms with Crippen molar-refractivity contribution in [1.82, 2.24) is 24.6 Å². The molecule has 9 heteroatoms. The molecule has 0 bridgehead atoms. The van der Waals surface area contributed by atoms with Crippen LogP contribution < -0.4 is 10.9 Å². The highest BCUT2D eigenvalue weighted by molar-refractivity contribution is 5.92. The Bertz CT molecular complexity index is 1500. The lowest BCUT2D eigenvalue weighted by atomic mass is 9.91. The van der Waals surface area contributed by atoms with Crippen molar-refractivity contribution in [2.45, 2.75) is 13.5 Å². The van der Waals surface area contributed by atoms with Crippen molar-refractivity contribution in [3.63, 3.8) is 0 Å². The largest absolute Gasteiger partial charge is 0.354 e. The minimum Gasteiger partial charge on any atom is -0.354 e. The van der Waals surface area contributed by atoms with Gasteiger partial charge in [0.1, 0.15) is 22.8 Å². The van der Waals surface area contributed by atoms with Crippen LogP contribution >= 0.6 is 0 Å². The first-order valence-corrected chi connectivity index (χ1v) is 11.0. The Morgan fingerprint density at radius 3 is 2.76 bits per heavy atom. The van der Waals surface area contributed by atoms with Gasteiger partial charge < -0.3 is 14.7 Å². The van der Waals surface area contributed by atoms with E-state index in [9.17, 15) is 18.4 Å². The number of benzene rings is 1. The second-order valence-electron chi connectivity index (χ2n) is 8.59. The van der Waals surface area contributed by atoms with Gasteiger partial charge in [-0.2, -0.15) is 0 Å². The second-order valence-corrected chi connectivity index (χ2v) is 8.59. The number of aromatic amines is 1. The first kappa shape index (κ1) is 22.0. The highest BCUT2D eigenvalue weighted by Crippen LogP contribution is 2.29. The maximum absolute atomic E-state index is 15.0. The van der Waals surface area contributed by atoms with Gasteiger partial charge in [0.05, 0.1) is 11.0 Å². The van der Waals surface area contributed by atoms with Crippen molar-refractivity contribution in [2.24, 2.45) is 5.92 Å². The molecule has 34 heavy (non-hydrogen) atoms. The normalized spacial score (nSPS) is 16.7. The Kier molecular flexibility index (Phi) is 5.49. The van der Waals surface area contributed by atoms with Crippen LogP contribution in [-0.4, -0.2) is 45.3 Å². The fourth-order valence-corrected chi connectivity index (χ4v) is 4.61. The number of halogens is 2. The summed E-state index contributed by atoms with van der Waals surface area (Å²) in [5, 5.41) is 2.56. The summed E-state index contributed by atoms with van der Waals surface area (Å²) in [7, 11) is 1.56. The quantitative estimate of drug-likeness (QED) is 0.486. The smallest absolute Gasteiger partial charge is 0.272 e. The van der Waals surface area contributed by atoms with Crippen LogP contribution in [0.15, 0.2) is 53.6 Å². The van der Waals surface area contributed by atoms with E-state index in [4.69, 9.17) is 0 Å². The van der Waals surface area contributed by atoms with Gasteiger partial charge in [-0.15, -0.1) is 0 Å². The lowest BCUT2D eigenvalue weighted by Gasteiger charge is -2.31. The van der Waals surface area contributed by atoms with Gasteiger partial charge in [0.2, 0.25) is 0 Å². The monoisotopic (exact) mass is 463 g/mol. The summed E-state index contributed by atoms with van der Waals surface area (Å²) in [6.07, 6.45) is 4.98. The molecule has 174 valence electrons. The van der Waals surface area contributed by atoms with Crippen molar-refractivity contribution in [3.05, 3.63) is 87.6 Å². The van der Waals surface area contributed by atoms with E-state index in [-0.39, 0.29) is 17.3 Å². The maximum Gasteiger partial charge on any atom is 0.272 e. The van der Waals surface area contributed by atoms with E-state index in [1.54, 1.807) is 25.4 Å². The third-order valence-electron chi connectivity index (χ3n) is 6.27. The predicted octanol–water partition coefficient (Wildman–Crippen LogP) is 3.35. The molecular weight excluding hydrogens is 440 g/mol. The molecule has 2 N–H and O–H groups in total. The zero-order valence-electron chi connectivity index (χ0n) is 18.7. The molecule has 4 heterocycles. The highest BCUT2D eigenvalue weighted by Gasteiger charge is 2.22. The number of H-pyrrole nitrogens is 1. The number of hydrogen-bond donors (Lipinski definition) is 2. The van der Waals surface area contributed by atoms with Crippen LogP contribution in [0.1, 0.15) is 28.5 Å². The SMILES string of the molecule is CNC(=O)c1ccc(C2=CCN(Cc3cc4[nH]c(=O)c5cc(F)cn5c4cc3F)CC2C)cn1. The van der Waals surface area contributed by atoms with E-state index < -0.39 is 17.2 Å². The molecule has 0 radical (unpaired) electrons. The summed E-state index contributed by atoms with van der Waals surface area (Å²) < 4.78 is 30.1. The van der Waals surface area contributed by atoms with Gasteiger partial charge in [-0.3, -0.25) is 19.5 Å². The summed E-state index contributed by atoms with van der Waals surface area (Å²) >= 11 is 0. The number of pyridine rings is 1. The van der Waals surface area contributed by atoms with Crippen LogP contribution in [-0.2, 0) is 6.54 Å². The molecule has 1 amide bonds. The molecule has 5 rings (SSSR count). The maximum atomic E-state index is 15.0. The Morgan fingerprint density at radius 2 is 2.06 bits per heavy atom. The minimum atomic E-state index is -0.550. The summed E-state index contributed by atoms with van der Waals surface area (Å²) in [6, 6.07) is 7.67. The topological polar surface area (TPSA) is 82.5 Å². The van der Waals surface area contributed by atoms with E-state index in [1.807, 2.05) is 6.07 Å². The molecule has 1 aromatic carbocycles. The van der Waals surface area contributed by atoms with Gasteiger partial charge in [0.25, 0.3) is 11.5 Å². The van der Waals surface area contributed by atoms with Crippen LogP contribution in [0, 0.1) is 17.6 Å². The van der Waals surface area contributed by atoms with E-state index in [0.717, 1.165) is 17.2 Å². The number of rotatable bonds is 4. The number of carbonyl (C=O) groups excluding carboxylic acids is 1. The van der Waals surface area contributed by atoms with Crippen LogP contribution in [0.3, 0.4) is 0 Å². The summed E-state index contributed by atoms with van der Waals surface area (Å²) in [5.74, 6) is -1.02. The average molecular weight is 463 g/mol. The third kappa shape index (κ3) is 3.88. The van der Waals surface area contributed by atoms with E-state index >= 15 is 0 Å². The molecule has 0 spiro atoms. The van der Waals surface area contributed by atoms with Gasteiger partial charge in [-0.1, -0.05) is 19.1 Å². The molecular formula is C25H23F2N5O2. The van der Waals surface area contributed by atoms with Crippen LogP contribution in [0.2, 0.25) is 0 Å². The van der Waals surface area contributed by atoms with Crippen molar-refractivity contribution in [3.8, 4) is 0 Å². The number of carbonyl (C=O) groups is 1. The number of nitrogens with one attached hydrogen (secondary N) is 2. The average Bonchev–Trinajstić information content (AvgIpc) is 3.22. The lowest BCUT2D eigenvalue weighted by Crippen LogP contribution is -2.33. The van der Waals surface area contributed by atoms with Crippen molar-refractivity contribution in [1.29, 1.82) is 0 Å². The Morgan fingerprint density at radius 1 is 1.24 bits per heavy atom. The molecule has 0 saturated heterocycles. The molecule has 1 atom stereocenters. The zero-order valence-corrected chi connectivity index (χ0v) is 18.7. The molecule has 0 aliphatic carbocycles. The first-order chi connectivity index (χ1) is 16.3. The van der Waals surface area contributed by atoms with Crippen molar-refractivity contribution in [2.75, 3.05) is 20.1 Å².